The zero-order valence-electron chi connectivity index (χ0n) is 14.5. The monoisotopic (exact) mass is 293 g/mol. The second kappa shape index (κ2) is 5.29. The molecule has 2 N–H and O–H groups in total. The van der Waals surface area contributed by atoms with Crippen LogP contribution < -0.4 is 10.6 Å². The van der Waals surface area contributed by atoms with Crippen molar-refractivity contribution in [2.45, 2.75) is 84.7 Å². The van der Waals surface area contributed by atoms with Gasteiger partial charge in [0.2, 0.25) is 0 Å². The van der Waals surface area contributed by atoms with E-state index in [1.165, 1.54) is 6.42 Å². The number of nitrogens with one attached hydrogen (secondary N) is 2. The molecule has 0 aromatic heterocycles. The number of carbonyl (C=O) groups excluding carboxylic acids is 1. The number of carbonyl (C=O) groups is 1. The van der Waals surface area contributed by atoms with Crippen molar-refractivity contribution in [3.63, 3.8) is 0 Å². The van der Waals surface area contributed by atoms with Crippen LogP contribution >= 0.6 is 0 Å². The summed E-state index contributed by atoms with van der Waals surface area (Å²) in [6.45, 7) is 13.2. The quantitative estimate of drug-likeness (QED) is 0.821. The molecule has 2 rings (SSSR count). The molecular formula is C17H31N3O. The third kappa shape index (κ3) is 3.41. The lowest BCUT2D eigenvalue weighted by atomic mass is 9.65. The van der Waals surface area contributed by atoms with Crippen LogP contribution in [0.4, 0.5) is 0 Å². The topological polar surface area (TPSA) is 53.5 Å². The summed E-state index contributed by atoms with van der Waals surface area (Å²) in [6.07, 6.45) is 5.14. The van der Waals surface area contributed by atoms with E-state index in [9.17, 15) is 4.79 Å². The SMILES string of the molecule is CCC(C)(C)C1CCC2(CC1)N=C(NC(C)(C)C)NC2=O. The summed E-state index contributed by atoms with van der Waals surface area (Å²) >= 11 is 0. The molecule has 0 aromatic carbocycles. The molecule has 0 radical (unpaired) electrons. The maximum atomic E-state index is 12.4. The van der Waals surface area contributed by atoms with Crippen LogP contribution in [0.2, 0.25) is 0 Å². The van der Waals surface area contributed by atoms with E-state index in [-0.39, 0.29) is 11.4 Å². The van der Waals surface area contributed by atoms with Gasteiger partial charge in [-0.15, -0.1) is 0 Å². The Bertz CT molecular complexity index is 437. The van der Waals surface area contributed by atoms with Crippen LogP contribution in [0.1, 0.15) is 73.6 Å². The Morgan fingerprint density at radius 1 is 1.24 bits per heavy atom. The summed E-state index contributed by atoms with van der Waals surface area (Å²) in [5, 5.41) is 6.23. The van der Waals surface area contributed by atoms with Gasteiger partial charge in [-0.2, -0.15) is 0 Å². The van der Waals surface area contributed by atoms with Crippen LogP contribution in [0, 0.1) is 11.3 Å². The van der Waals surface area contributed by atoms with Gasteiger partial charge < -0.3 is 5.32 Å². The summed E-state index contributed by atoms with van der Waals surface area (Å²) in [6, 6.07) is 0. The van der Waals surface area contributed by atoms with Crippen LogP contribution in [0.3, 0.4) is 0 Å². The molecule has 1 amide bonds. The lowest BCUT2D eigenvalue weighted by Crippen LogP contribution is -2.48. The average Bonchev–Trinajstić information content (AvgIpc) is 2.64. The Morgan fingerprint density at radius 3 is 2.29 bits per heavy atom. The molecule has 1 spiro atoms. The Balaban J connectivity index is 2.07. The highest BCUT2D eigenvalue weighted by Gasteiger charge is 2.48. The first kappa shape index (κ1) is 16.3. The zero-order valence-corrected chi connectivity index (χ0v) is 14.5. The Kier molecular flexibility index (Phi) is 4.11. The number of amides is 1. The van der Waals surface area contributed by atoms with Crippen molar-refractivity contribution in [1.29, 1.82) is 0 Å². The third-order valence-electron chi connectivity index (χ3n) is 5.30. The van der Waals surface area contributed by atoms with Gasteiger partial charge in [-0.05, 0) is 57.8 Å². The van der Waals surface area contributed by atoms with Crippen LogP contribution in [0.25, 0.3) is 0 Å². The molecule has 120 valence electrons. The molecule has 4 heteroatoms. The molecule has 1 fully saturated rings. The molecule has 1 aliphatic carbocycles. The number of aliphatic imine (C=N–C) groups is 1. The van der Waals surface area contributed by atoms with Crippen LogP contribution in [0.15, 0.2) is 4.99 Å². The molecule has 1 aliphatic heterocycles. The van der Waals surface area contributed by atoms with Gasteiger partial charge in [0.1, 0.15) is 5.54 Å². The minimum absolute atomic E-state index is 0.0843. The van der Waals surface area contributed by atoms with Crippen molar-refractivity contribution in [3.8, 4) is 0 Å². The first-order valence-electron chi connectivity index (χ1n) is 8.27. The Morgan fingerprint density at radius 2 is 1.81 bits per heavy atom. The van der Waals surface area contributed by atoms with Crippen molar-refractivity contribution in [2.75, 3.05) is 0 Å². The standard InChI is InChI=1S/C17H31N3O/c1-7-16(5,6)12-8-10-17(11-9-12)13(21)18-14(20-17)19-15(2,3)4/h12H,7-11H2,1-6H3,(H2,18,19,20,21). The second-order valence-corrected chi connectivity index (χ2v) is 8.44. The highest BCUT2D eigenvalue weighted by atomic mass is 16.2. The summed E-state index contributed by atoms with van der Waals surface area (Å²) in [4.78, 5) is 17.1. The predicted octanol–water partition coefficient (Wildman–Crippen LogP) is 3.23. The highest BCUT2D eigenvalue weighted by Crippen LogP contribution is 2.45. The fourth-order valence-corrected chi connectivity index (χ4v) is 3.44. The summed E-state index contributed by atoms with van der Waals surface area (Å²) in [5.74, 6) is 1.44. The predicted molar refractivity (Wildman–Crippen MR) is 87.2 cm³/mol. The molecule has 21 heavy (non-hydrogen) atoms. The summed E-state index contributed by atoms with van der Waals surface area (Å²) < 4.78 is 0. The van der Waals surface area contributed by atoms with E-state index in [0.717, 1.165) is 25.7 Å². The molecule has 0 atom stereocenters. The van der Waals surface area contributed by atoms with Gasteiger partial charge in [-0.25, -0.2) is 4.99 Å². The molecule has 1 heterocycles. The number of hydrogen-bond donors (Lipinski definition) is 2. The van der Waals surface area contributed by atoms with Crippen LogP contribution in [-0.4, -0.2) is 22.9 Å². The zero-order chi connectivity index (χ0) is 15.9. The number of guanidine groups is 1. The van der Waals surface area contributed by atoms with Gasteiger partial charge in [0.25, 0.3) is 5.91 Å². The van der Waals surface area contributed by atoms with Crippen molar-refractivity contribution in [2.24, 2.45) is 16.3 Å². The van der Waals surface area contributed by atoms with Gasteiger partial charge in [-0.3, -0.25) is 10.1 Å². The number of nitrogens with zero attached hydrogens (tertiary/aromatic N) is 1. The van der Waals surface area contributed by atoms with Gasteiger partial charge in [0.15, 0.2) is 5.96 Å². The molecule has 0 aromatic rings. The normalized spacial score (nSPS) is 30.3. The van der Waals surface area contributed by atoms with Crippen LogP contribution in [0.5, 0.6) is 0 Å². The molecular weight excluding hydrogens is 262 g/mol. The fourth-order valence-electron chi connectivity index (χ4n) is 3.44. The van der Waals surface area contributed by atoms with Crippen LogP contribution in [-0.2, 0) is 4.79 Å². The maximum absolute atomic E-state index is 12.4. The third-order valence-corrected chi connectivity index (χ3v) is 5.30. The minimum atomic E-state index is -0.506. The Labute approximate surface area is 129 Å². The highest BCUT2D eigenvalue weighted by molar-refractivity contribution is 6.07. The lowest BCUT2D eigenvalue weighted by molar-refractivity contribution is -0.125. The largest absolute Gasteiger partial charge is 0.351 e. The van der Waals surface area contributed by atoms with Gasteiger partial charge >= 0.3 is 0 Å². The maximum Gasteiger partial charge on any atom is 0.254 e. The molecule has 0 unspecified atom stereocenters. The van der Waals surface area contributed by atoms with Crippen molar-refractivity contribution in [1.82, 2.24) is 10.6 Å². The molecule has 4 nitrogen and oxygen atoms in total. The lowest BCUT2D eigenvalue weighted by Gasteiger charge is -2.40. The summed E-state index contributed by atoms with van der Waals surface area (Å²) in [5.41, 5.74) is -0.222. The Hall–Kier alpha value is -1.06. The first-order valence-corrected chi connectivity index (χ1v) is 8.27. The second-order valence-electron chi connectivity index (χ2n) is 8.44. The van der Waals surface area contributed by atoms with E-state index in [1.807, 2.05) is 0 Å². The van der Waals surface area contributed by atoms with Gasteiger partial charge in [0.05, 0.1) is 0 Å². The minimum Gasteiger partial charge on any atom is -0.351 e. The number of rotatable bonds is 2. The average molecular weight is 293 g/mol. The van der Waals surface area contributed by atoms with E-state index in [1.54, 1.807) is 0 Å². The molecule has 0 bridgehead atoms. The van der Waals surface area contributed by atoms with Gasteiger partial charge in [0, 0.05) is 5.54 Å². The van der Waals surface area contributed by atoms with E-state index in [0.29, 0.717) is 17.3 Å². The molecule has 2 aliphatic rings. The summed E-state index contributed by atoms with van der Waals surface area (Å²) in [7, 11) is 0. The first-order chi connectivity index (χ1) is 9.58. The fraction of sp³-hybridized carbons (Fsp3) is 0.882. The van der Waals surface area contributed by atoms with E-state index < -0.39 is 5.54 Å². The van der Waals surface area contributed by atoms with Crippen molar-refractivity contribution in [3.05, 3.63) is 0 Å². The van der Waals surface area contributed by atoms with Gasteiger partial charge in [-0.1, -0.05) is 27.2 Å². The van der Waals surface area contributed by atoms with Crippen molar-refractivity contribution < 1.29 is 4.79 Å². The van der Waals surface area contributed by atoms with E-state index >= 15 is 0 Å². The smallest absolute Gasteiger partial charge is 0.254 e. The van der Waals surface area contributed by atoms with E-state index in [4.69, 9.17) is 4.99 Å². The van der Waals surface area contributed by atoms with E-state index in [2.05, 4.69) is 52.2 Å². The number of hydrogen-bond acceptors (Lipinski definition) is 3. The van der Waals surface area contributed by atoms with Crippen molar-refractivity contribution >= 4 is 11.9 Å². The molecule has 1 saturated carbocycles. The molecule has 0 saturated heterocycles.